The number of para-hydroxylation sites is 1. The number of benzene rings is 2. The summed E-state index contributed by atoms with van der Waals surface area (Å²) in [6.45, 7) is 0.666. The first-order chi connectivity index (χ1) is 11.2. The van der Waals surface area contributed by atoms with Crippen LogP contribution in [0.5, 0.6) is 0 Å². The SMILES string of the molecule is O=C1c2ccccc2[C@@H]2C[C@@H](O)[C@H](Nc3ccccc3)CCN12. The van der Waals surface area contributed by atoms with Crippen LogP contribution in [0.15, 0.2) is 54.6 Å². The molecule has 4 rings (SSSR count). The topological polar surface area (TPSA) is 52.6 Å². The molecule has 2 N–H and O–H groups in total. The Balaban J connectivity index is 1.57. The van der Waals surface area contributed by atoms with Gasteiger partial charge in [-0.3, -0.25) is 4.79 Å². The fourth-order valence-electron chi connectivity index (χ4n) is 3.74. The van der Waals surface area contributed by atoms with Crippen molar-refractivity contribution in [2.45, 2.75) is 31.0 Å². The highest BCUT2D eigenvalue weighted by Gasteiger charge is 2.41. The van der Waals surface area contributed by atoms with E-state index in [1.165, 1.54) is 0 Å². The maximum absolute atomic E-state index is 12.6. The van der Waals surface area contributed by atoms with Crippen LogP contribution in [0.1, 0.15) is 34.8 Å². The number of hydrogen-bond acceptors (Lipinski definition) is 3. The molecule has 23 heavy (non-hydrogen) atoms. The van der Waals surface area contributed by atoms with Gasteiger partial charge in [-0.2, -0.15) is 0 Å². The Hall–Kier alpha value is -2.33. The van der Waals surface area contributed by atoms with Gasteiger partial charge in [0.2, 0.25) is 0 Å². The van der Waals surface area contributed by atoms with Crippen LogP contribution in [-0.2, 0) is 0 Å². The van der Waals surface area contributed by atoms with Gasteiger partial charge >= 0.3 is 0 Å². The smallest absolute Gasteiger partial charge is 0.254 e. The van der Waals surface area contributed by atoms with Crippen molar-refractivity contribution < 1.29 is 9.90 Å². The number of nitrogens with zero attached hydrogens (tertiary/aromatic N) is 1. The molecule has 1 saturated heterocycles. The third-order valence-corrected chi connectivity index (χ3v) is 4.92. The zero-order valence-electron chi connectivity index (χ0n) is 12.9. The van der Waals surface area contributed by atoms with Crippen LogP contribution in [0, 0.1) is 0 Å². The fourth-order valence-corrected chi connectivity index (χ4v) is 3.74. The van der Waals surface area contributed by atoms with E-state index >= 15 is 0 Å². The summed E-state index contributed by atoms with van der Waals surface area (Å²) in [5.41, 5.74) is 2.85. The van der Waals surface area contributed by atoms with Crippen molar-refractivity contribution in [1.29, 1.82) is 0 Å². The van der Waals surface area contributed by atoms with Gasteiger partial charge in [0.15, 0.2) is 0 Å². The number of rotatable bonds is 2. The summed E-state index contributed by atoms with van der Waals surface area (Å²) in [5, 5.41) is 14.1. The lowest BCUT2D eigenvalue weighted by molar-refractivity contribution is 0.0705. The van der Waals surface area contributed by atoms with E-state index in [4.69, 9.17) is 0 Å². The summed E-state index contributed by atoms with van der Waals surface area (Å²) in [6.07, 6.45) is 0.837. The van der Waals surface area contributed by atoms with Crippen molar-refractivity contribution in [3.63, 3.8) is 0 Å². The first kappa shape index (κ1) is 14.3. The van der Waals surface area contributed by atoms with Crippen LogP contribution in [0.3, 0.4) is 0 Å². The lowest BCUT2D eigenvalue weighted by Crippen LogP contribution is -2.33. The number of carbonyl (C=O) groups is 1. The number of fused-ring (bicyclic) bond motifs is 3. The molecule has 0 unspecified atom stereocenters. The van der Waals surface area contributed by atoms with Gasteiger partial charge in [0.05, 0.1) is 18.2 Å². The third-order valence-electron chi connectivity index (χ3n) is 4.92. The summed E-state index contributed by atoms with van der Waals surface area (Å²) < 4.78 is 0. The molecule has 0 bridgehead atoms. The molecule has 0 aromatic heterocycles. The molecule has 4 nitrogen and oxygen atoms in total. The molecule has 1 amide bonds. The fraction of sp³-hybridized carbons (Fsp3) is 0.316. The molecule has 2 aliphatic heterocycles. The third kappa shape index (κ3) is 2.49. The Bertz CT molecular complexity index is 716. The van der Waals surface area contributed by atoms with Crippen molar-refractivity contribution in [2.75, 3.05) is 11.9 Å². The Kier molecular flexibility index (Phi) is 3.54. The van der Waals surface area contributed by atoms with Gasteiger partial charge in [-0.1, -0.05) is 36.4 Å². The van der Waals surface area contributed by atoms with E-state index in [2.05, 4.69) is 5.32 Å². The highest BCUT2D eigenvalue weighted by Crippen LogP contribution is 2.39. The van der Waals surface area contributed by atoms with Crippen LogP contribution in [0.2, 0.25) is 0 Å². The van der Waals surface area contributed by atoms with E-state index < -0.39 is 6.10 Å². The average Bonchev–Trinajstić information content (AvgIpc) is 2.74. The molecule has 2 aromatic carbocycles. The number of nitrogens with one attached hydrogen (secondary N) is 1. The van der Waals surface area contributed by atoms with Crippen LogP contribution < -0.4 is 5.32 Å². The Morgan fingerprint density at radius 1 is 1.04 bits per heavy atom. The molecule has 0 radical (unpaired) electrons. The summed E-state index contributed by atoms with van der Waals surface area (Å²) in [4.78, 5) is 14.5. The zero-order chi connectivity index (χ0) is 15.8. The van der Waals surface area contributed by atoms with Crippen molar-refractivity contribution >= 4 is 11.6 Å². The minimum Gasteiger partial charge on any atom is -0.391 e. The first-order valence-corrected chi connectivity index (χ1v) is 8.13. The van der Waals surface area contributed by atoms with Gasteiger partial charge in [-0.15, -0.1) is 0 Å². The summed E-state index contributed by atoms with van der Waals surface area (Å²) >= 11 is 0. The zero-order valence-corrected chi connectivity index (χ0v) is 12.9. The second-order valence-corrected chi connectivity index (χ2v) is 6.31. The number of aliphatic hydroxyl groups is 1. The van der Waals surface area contributed by atoms with Gasteiger partial charge in [0.1, 0.15) is 0 Å². The van der Waals surface area contributed by atoms with Gasteiger partial charge in [-0.25, -0.2) is 0 Å². The lowest BCUT2D eigenvalue weighted by Gasteiger charge is -2.24. The van der Waals surface area contributed by atoms with E-state index in [0.29, 0.717) is 13.0 Å². The van der Waals surface area contributed by atoms with Crippen molar-refractivity contribution in [3.8, 4) is 0 Å². The van der Waals surface area contributed by atoms with E-state index in [9.17, 15) is 9.90 Å². The predicted octanol–water partition coefficient (Wildman–Crippen LogP) is 2.82. The molecule has 2 aliphatic rings. The van der Waals surface area contributed by atoms with Crippen molar-refractivity contribution in [1.82, 2.24) is 4.90 Å². The predicted molar refractivity (Wildman–Crippen MR) is 89.3 cm³/mol. The first-order valence-electron chi connectivity index (χ1n) is 8.13. The van der Waals surface area contributed by atoms with Gasteiger partial charge < -0.3 is 15.3 Å². The van der Waals surface area contributed by atoms with E-state index in [1.54, 1.807) is 0 Å². The lowest BCUT2D eigenvalue weighted by atomic mass is 9.97. The number of aliphatic hydroxyl groups excluding tert-OH is 1. The van der Waals surface area contributed by atoms with E-state index in [-0.39, 0.29) is 18.0 Å². The number of carbonyl (C=O) groups excluding carboxylic acids is 1. The molecule has 2 heterocycles. The van der Waals surface area contributed by atoms with Crippen LogP contribution in [0.4, 0.5) is 5.69 Å². The Morgan fingerprint density at radius 3 is 2.61 bits per heavy atom. The van der Waals surface area contributed by atoms with Crippen molar-refractivity contribution in [2.24, 2.45) is 0 Å². The average molecular weight is 308 g/mol. The van der Waals surface area contributed by atoms with Gasteiger partial charge in [-0.05, 0) is 36.6 Å². The summed E-state index contributed by atoms with van der Waals surface area (Å²) in [5.74, 6) is 0.0955. The number of anilines is 1. The summed E-state index contributed by atoms with van der Waals surface area (Å²) in [6, 6.07) is 17.6. The number of amides is 1. The van der Waals surface area contributed by atoms with Gasteiger partial charge in [0, 0.05) is 17.8 Å². The maximum Gasteiger partial charge on any atom is 0.254 e. The molecule has 0 aliphatic carbocycles. The number of hydrogen-bond donors (Lipinski definition) is 2. The molecule has 0 saturated carbocycles. The molecule has 0 spiro atoms. The Labute approximate surface area is 135 Å². The maximum atomic E-state index is 12.6. The standard InChI is InChI=1S/C19H20N2O2/c22-18-12-17-14-8-4-5-9-15(14)19(23)21(17)11-10-16(18)20-13-6-2-1-3-7-13/h1-9,16-18,20,22H,10-12H2/t16-,17+,18-/m1/s1. The minimum absolute atomic E-state index is 0.00345. The highest BCUT2D eigenvalue weighted by atomic mass is 16.3. The molecule has 2 aromatic rings. The Morgan fingerprint density at radius 2 is 1.78 bits per heavy atom. The quantitative estimate of drug-likeness (QED) is 0.897. The molecule has 4 heteroatoms. The molecule has 118 valence electrons. The molecule has 3 atom stereocenters. The van der Waals surface area contributed by atoms with Crippen LogP contribution >= 0.6 is 0 Å². The minimum atomic E-state index is -0.482. The molecular formula is C19H20N2O2. The molecule has 1 fully saturated rings. The van der Waals surface area contributed by atoms with Crippen molar-refractivity contribution in [3.05, 3.63) is 65.7 Å². The highest BCUT2D eigenvalue weighted by molar-refractivity contribution is 5.99. The second kappa shape index (κ2) is 5.70. The van der Waals surface area contributed by atoms with Crippen LogP contribution in [-0.4, -0.2) is 34.6 Å². The second-order valence-electron chi connectivity index (χ2n) is 6.31. The van der Waals surface area contributed by atoms with E-state index in [1.807, 2.05) is 59.5 Å². The summed E-state index contributed by atoms with van der Waals surface area (Å²) in [7, 11) is 0. The molecular weight excluding hydrogens is 288 g/mol. The monoisotopic (exact) mass is 308 g/mol. The van der Waals surface area contributed by atoms with Gasteiger partial charge in [0.25, 0.3) is 5.91 Å². The largest absolute Gasteiger partial charge is 0.391 e. The van der Waals surface area contributed by atoms with Crippen LogP contribution in [0.25, 0.3) is 0 Å². The normalized spacial score (nSPS) is 26.4. The van der Waals surface area contributed by atoms with E-state index in [0.717, 1.165) is 23.2 Å².